The first kappa shape index (κ1) is 23.3. The zero-order valence-corrected chi connectivity index (χ0v) is 19.9. The normalized spacial score (nSPS) is 16.6. The van der Waals surface area contributed by atoms with E-state index in [1.807, 2.05) is 13.1 Å². The minimum atomic E-state index is -0.0650. The molecule has 1 saturated heterocycles. The van der Waals surface area contributed by atoms with Crippen molar-refractivity contribution in [3.63, 3.8) is 0 Å². The van der Waals surface area contributed by atoms with Crippen LogP contribution in [0.1, 0.15) is 12.0 Å². The Hall–Kier alpha value is -2.88. The molecule has 1 aliphatic rings. The standard InChI is InChI=1S/C22H25Cl2N7O2/c1-29-7-8-31(20-11-19(24)27-22(28-20)30-6-5-25-14-30)16(13-29)10-21(32)26-12-15-3-4-18(33-2)17(23)9-15/h3-6,9,11,14,16H,7-8,10,12-13H2,1-2H3,(H,26,32). The molecular formula is C22H25Cl2N7O2. The van der Waals surface area contributed by atoms with E-state index in [1.54, 1.807) is 48.6 Å². The van der Waals surface area contributed by atoms with Gasteiger partial charge in [0.05, 0.1) is 18.2 Å². The number of nitrogens with one attached hydrogen (secondary N) is 1. The van der Waals surface area contributed by atoms with Crippen molar-refractivity contribution in [2.24, 2.45) is 0 Å². The number of aromatic nitrogens is 4. The molecule has 0 radical (unpaired) electrons. The van der Waals surface area contributed by atoms with Gasteiger partial charge in [-0.25, -0.2) is 9.97 Å². The number of ether oxygens (including phenoxy) is 1. The van der Waals surface area contributed by atoms with Crippen LogP contribution in [0, 0.1) is 0 Å². The van der Waals surface area contributed by atoms with Crippen LogP contribution in [0.25, 0.3) is 5.95 Å². The molecule has 1 fully saturated rings. The molecule has 9 nitrogen and oxygen atoms in total. The van der Waals surface area contributed by atoms with Crippen LogP contribution in [-0.2, 0) is 11.3 Å². The van der Waals surface area contributed by atoms with Crippen molar-refractivity contribution in [3.8, 4) is 11.7 Å². The van der Waals surface area contributed by atoms with Crippen LogP contribution in [0.4, 0.5) is 5.82 Å². The minimum absolute atomic E-state index is 0.0535. The third-order valence-electron chi connectivity index (χ3n) is 5.51. The molecule has 2 aromatic heterocycles. The number of halogens is 2. The number of imidazole rings is 1. The molecule has 3 aromatic rings. The van der Waals surface area contributed by atoms with Crippen LogP contribution in [0.5, 0.6) is 5.75 Å². The maximum Gasteiger partial charge on any atom is 0.238 e. The fourth-order valence-corrected chi connectivity index (χ4v) is 4.28. The summed E-state index contributed by atoms with van der Waals surface area (Å²) in [5.41, 5.74) is 0.902. The Labute approximate surface area is 202 Å². The second kappa shape index (κ2) is 10.4. The van der Waals surface area contributed by atoms with Gasteiger partial charge in [0, 0.05) is 51.1 Å². The number of carbonyl (C=O) groups excluding carboxylic acids is 1. The Morgan fingerprint density at radius 2 is 2.09 bits per heavy atom. The van der Waals surface area contributed by atoms with Gasteiger partial charge < -0.3 is 19.9 Å². The maximum absolute atomic E-state index is 12.8. The van der Waals surface area contributed by atoms with E-state index >= 15 is 0 Å². The number of likely N-dealkylation sites (N-methyl/N-ethyl adjacent to an activating group) is 1. The number of rotatable bonds is 7. The van der Waals surface area contributed by atoms with Gasteiger partial charge in [0.1, 0.15) is 23.0 Å². The number of hydrogen-bond acceptors (Lipinski definition) is 7. The number of hydrogen-bond donors (Lipinski definition) is 1. The lowest BCUT2D eigenvalue weighted by Gasteiger charge is -2.40. The summed E-state index contributed by atoms with van der Waals surface area (Å²) in [7, 11) is 3.62. The molecule has 1 aromatic carbocycles. The molecule has 1 N–H and O–H groups in total. The Morgan fingerprint density at radius 1 is 1.24 bits per heavy atom. The smallest absolute Gasteiger partial charge is 0.238 e. The highest BCUT2D eigenvalue weighted by Crippen LogP contribution is 2.25. The number of piperazine rings is 1. The lowest BCUT2D eigenvalue weighted by molar-refractivity contribution is -0.121. The van der Waals surface area contributed by atoms with Gasteiger partial charge in [0.2, 0.25) is 11.9 Å². The van der Waals surface area contributed by atoms with Crippen LogP contribution in [0.3, 0.4) is 0 Å². The van der Waals surface area contributed by atoms with E-state index in [0.717, 1.165) is 25.2 Å². The highest BCUT2D eigenvalue weighted by Gasteiger charge is 2.29. The average Bonchev–Trinajstić information content (AvgIpc) is 3.33. The van der Waals surface area contributed by atoms with Gasteiger partial charge in [0.15, 0.2) is 0 Å². The van der Waals surface area contributed by atoms with Crippen LogP contribution < -0.4 is 15.0 Å². The first-order chi connectivity index (χ1) is 15.9. The number of methoxy groups -OCH3 is 1. The molecule has 174 valence electrons. The largest absolute Gasteiger partial charge is 0.495 e. The number of benzene rings is 1. The molecule has 1 atom stereocenters. The summed E-state index contributed by atoms with van der Waals surface area (Å²) in [6.07, 6.45) is 5.35. The van der Waals surface area contributed by atoms with Crippen LogP contribution in [-0.4, -0.2) is 70.2 Å². The first-order valence-corrected chi connectivity index (χ1v) is 11.3. The third kappa shape index (κ3) is 5.73. The lowest BCUT2D eigenvalue weighted by atomic mass is 10.1. The molecule has 3 heterocycles. The third-order valence-corrected chi connectivity index (χ3v) is 6.00. The number of anilines is 1. The average molecular weight is 490 g/mol. The fraction of sp³-hybridized carbons (Fsp3) is 0.364. The molecule has 4 rings (SSSR count). The fourth-order valence-electron chi connectivity index (χ4n) is 3.83. The number of amides is 1. The van der Waals surface area contributed by atoms with E-state index < -0.39 is 0 Å². The summed E-state index contributed by atoms with van der Waals surface area (Å²) >= 11 is 12.5. The van der Waals surface area contributed by atoms with E-state index in [4.69, 9.17) is 27.9 Å². The van der Waals surface area contributed by atoms with Gasteiger partial charge >= 0.3 is 0 Å². The molecule has 1 unspecified atom stereocenters. The summed E-state index contributed by atoms with van der Waals surface area (Å²) in [6.45, 7) is 2.68. The van der Waals surface area contributed by atoms with E-state index in [2.05, 4.69) is 30.1 Å². The summed E-state index contributed by atoms with van der Waals surface area (Å²) in [5, 5.41) is 3.84. The molecule has 1 amide bonds. The molecule has 1 aliphatic heterocycles. The van der Waals surface area contributed by atoms with Crippen molar-refractivity contribution in [1.82, 2.24) is 29.7 Å². The van der Waals surface area contributed by atoms with Gasteiger partial charge in [-0.2, -0.15) is 4.98 Å². The van der Waals surface area contributed by atoms with Gasteiger partial charge in [-0.1, -0.05) is 29.3 Å². The molecule has 0 bridgehead atoms. The van der Waals surface area contributed by atoms with E-state index in [1.165, 1.54) is 0 Å². The monoisotopic (exact) mass is 489 g/mol. The summed E-state index contributed by atoms with van der Waals surface area (Å²) in [4.78, 5) is 30.2. The maximum atomic E-state index is 12.8. The predicted molar refractivity (Wildman–Crippen MR) is 127 cm³/mol. The van der Waals surface area contributed by atoms with E-state index in [0.29, 0.717) is 40.7 Å². The SMILES string of the molecule is COc1ccc(CNC(=O)CC2CN(C)CCN2c2cc(Cl)nc(-n3ccnc3)n2)cc1Cl. The van der Waals surface area contributed by atoms with E-state index in [-0.39, 0.29) is 11.9 Å². The van der Waals surface area contributed by atoms with Crippen molar-refractivity contribution in [1.29, 1.82) is 0 Å². The van der Waals surface area contributed by atoms with Crippen molar-refractivity contribution in [2.75, 3.05) is 38.7 Å². The lowest BCUT2D eigenvalue weighted by Crippen LogP contribution is -2.53. The molecule has 0 spiro atoms. The van der Waals surface area contributed by atoms with E-state index in [9.17, 15) is 4.79 Å². The van der Waals surface area contributed by atoms with Gasteiger partial charge in [-0.05, 0) is 24.7 Å². The Bertz CT molecular complexity index is 1110. The Morgan fingerprint density at radius 3 is 2.82 bits per heavy atom. The van der Waals surface area contributed by atoms with Crippen molar-refractivity contribution >= 4 is 34.9 Å². The van der Waals surface area contributed by atoms with Gasteiger partial charge in [0.25, 0.3) is 0 Å². The number of nitrogens with zero attached hydrogens (tertiary/aromatic N) is 6. The van der Waals surface area contributed by atoms with Crippen LogP contribution >= 0.6 is 23.2 Å². The second-order valence-electron chi connectivity index (χ2n) is 7.88. The number of carbonyl (C=O) groups is 1. The van der Waals surface area contributed by atoms with Gasteiger partial charge in [-0.3, -0.25) is 9.36 Å². The zero-order valence-electron chi connectivity index (χ0n) is 18.4. The zero-order chi connectivity index (χ0) is 23.4. The van der Waals surface area contributed by atoms with Crippen molar-refractivity contribution < 1.29 is 9.53 Å². The van der Waals surface area contributed by atoms with Crippen molar-refractivity contribution in [3.05, 3.63) is 58.7 Å². The Balaban J connectivity index is 1.46. The molecular weight excluding hydrogens is 465 g/mol. The molecule has 11 heteroatoms. The van der Waals surface area contributed by atoms with Crippen molar-refractivity contribution in [2.45, 2.75) is 19.0 Å². The summed E-state index contributed by atoms with van der Waals surface area (Å²) < 4.78 is 6.88. The second-order valence-corrected chi connectivity index (χ2v) is 8.67. The summed E-state index contributed by atoms with van der Waals surface area (Å²) in [6, 6.07) is 7.13. The van der Waals surface area contributed by atoms with Crippen LogP contribution in [0.15, 0.2) is 43.0 Å². The molecule has 0 aliphatic carbocycles. The first-order valence-electron chi connectivity index (χ1n) is 10.5. The van der Waals surface area contributed by atoms with Crippen LogP contribution in [0.2, 0.25) is 10.2 Å². The quantitative estimate of drug-likeness (QED) is 0.510. The minimum Gasteiger partial charge on any atom is -0.495 e. The highest BCUT2D eigenvalue weighted by atomic mass is 35.5. The summed E-state index contributed by atoms with van der Waals surface area (Å²) in [5.74, 6) is 1.67. The highest BCUT2D eigenvalue weighted by molar-refractivity contribution is 6.32. The predicted octanol–water partition coefficient (Wildman–Crippen LogP) is 2.80. The molecule has 33 heavy (non-hydrogen) atoms. The Kier molecular flexibility index (Phi) is 7.32. The van der Waals surface area contributed by atoms with Gasteiger partial charge in [-0.15, -0.1) is 0 Å². The topological polar surface area (TPSA) is 88.4 Å². The molecule has 0 saturated carbocycles.